The summed E-state index contributed by atoms with van der Waals surface area (Å²) in [5, 5.41) is 6.27. The SMILES string of the molecule is O=C(NC1CCCCC1)C(Cc1ccccc1)NCCCS(=O)(=O)O. The van der Waals surface area contributed by atoms with Crippen LogP contribution in [-0.2, 0) is 21.3 Å². The predicted molar refractivity (Wildman–Crippen MR) is 98.0 cm³/mol. The van der Waals surface area contributed by atoms with Crippen molar-refractivity contribution in [3.05, 3.63) is 35.9 Å². The third kappa shape index (κ3) is 7.98. The van der Waals surface area contributed by atoms with E-state index < -0.39 is 16.2 Å². The molecular formula is C18H28N2O4S. The van der Waals surface area contributed by atoms with Crippen LogP contribution in [0, 0.1) is 0 Å². The summed E-state index contributed by atoms with van der Waals surface area (Å²) in [4.78, 5) is 12.7. The molecule has 140 valence electrons. The zero-order chi connectivity index (χ0) is 18.1. The van der Waals surface area contributed by atoms with Gasteiger partial charge in [-0.05, 0) is 37.8 Å². The third-order valence-electron chi connectivity index (χ3n) is 4.52. The molecular weight excluding hydrogens is 340 g/mol. The normalized spacial score (nSPS) is 17.2. The summed E-state index contributed by atoms with van der Waals surface area (Å²) in [5.41, 5.74) is 1.05. The minimum atomic E-state index is -3.96. The smallest absolute Gasteiger partial charge is 0.264 e. The molecule has 1 saturated carbocycles. The summed E-state index contributed by atoms with van der Waals surface area (Å²) in [6.45, 7) is 0.357. The fourth-order valence-electron chi connectivity index (χ4n) is 3.19. The highest BCUT2D eigenvalue weighted by atomic mass is 32.2. The molecule has 0 radical (unpaired) electrons. The molecule has 0 aromatic heterocycles. The molecule has 7 heteroatoms. The van der Waals surface area contributed by atoms with E-state index in [9.17, 15) is 13.2 Å². The zero-order valence-corrected chi connectivity index (χ0v) is 15.3. The Labute approximate surface area is 150 Å². The van der Waals surface area contributed by atoms with E-state index in [4.69, 9.17) is 4.55 Å². The van der Waals surface area contributed by atoms with Crippen LogP contribution in [0.3, 0.4) is 0 Å². The van der Waals surface area contributed by atoms with E-state index in [2.05, 4.69) is 10.6 Å². The maximum absolute atomic E-state index is 12.7. The Balaban J connectivity index is 1.91. The van der Waals surface area contributed by atoms with E-state index in [-0.39, 0.29) is 24.1 Å². The molecule has 1 atom stereocenters. The first-order chi connectivity index (χ1) is 11.9. The Bertz CT molecular complexity index is 628. The number of benzene rings is 1. The zero-order valence-electron chi connectivity index (χ0n) is 14.5. The Morgan fingerprint density at radius 1 is 1.16 bits per heavy atom. The highest BCUT2D eigenvalue weighted by molar-refractivity contribution is 7.85. The summed E-state index contributed by atoms with van der Waals surface area (Å²) in [5.74, 6) is -0.343. The average molecular weight is 368 g/mol. The van der Waals surface area contributed by atoms with Crippen LogP contribution in [-0.4, -0.2) is 43.3 Å². The number of hydrogen-bond acceptors (Lipinski definition) is 4. The molecule has 3 N–H and O–H groups in total. The second-order valence-corrected chi connectivity index (χ2v) is 8.25. The summed E-state index contributed by atoms with van der Waals surface area (Å²) < 4.78 is 30.4. The Kier molecular flexibility index (Phi) is 7.87. The summed E-state index contributed by atoms with van der Waals surface area (Å²) in [7, 11) is -3.96. The van der Waals surface area contributed by atoms with Crippen molar-refractivity contribution in [3.63, 3.8) is 0 Å². The average Bonchev–Trinajstić information content (AvgIpc) is 2.58. The quantitative estimate of drug-likeness (QED) is 0.457. The summed E-state index contributed by atoms with van der Waals surface area (Å²) in [6, 6.07) is 9.57. The number of hydrogen-bond donors (Lipinski definition) is 3. The van der Waals surface area contributed by atoms with Gasteiger partial charge in [0.2, 0.25) is 5.91 Å². The van der Waals surface area contributed by atoms with Crippen molar-refractivity contribution in [2.24, 2.45) is 0 Å². The van der Waals surface area contributed by atoms with E-state index >= 15 is 0 Å². The highest BCUT2D eigenvalue weighted by Crippen LogP contribution is 2.17. The number of carbonyl (C=O) groups excluding carboxylic acids is 1. The Morgan fingerprint density at radius 3 is 2.48 bits per heavy atom. The molecule has 0 spiro atoms. The molecule has 1 aliphatic rings. The standard InChI is InChI=1S/C18H28N2O4S/c21-18(20-16-10-5-2-6-11-16)17(14-15-8-3-1-4-9-15)19-12-7-13-25(22,23)24/h1,3-4,8-9,16-17,19H,2,5-7,10-14H2,(H,20,21)(H,22,23,24). The second kappa shape index (κ2) is 9.89. The summed E-state index contributed by atoms with van der Waals surface area (Å²) in [6.07, 6.45) is 6.38. The molecule has 0 bridgehead atoms. The van der Waals surface area contributed by atoms with Crippen LogP contribution >= 0.6 is 0 Å². The van der Waals surface area contributed by atoms with E-state index in [1.165, 1.54) is 6.42 Å². The maximum Gasteiger partial charge on any atom is 0.264 e. The molecule has 2 rings (SSSR count). The molecule has 1 aromatic carbocycles. The molecule has 25 heavy (non-hydrogen) atoms. The van der Waals surface area contributed by atoms with Crippen LogP contribution < -0.4 is 10.6 Å². The van der Waals surface area contributed by atoms with Crippen LogP contribution in [0.2, 0.25) is 0 Å². The third-order valence-corrected chi connectivity index (χ3v) is 5.33. The van der Waals surface area contributed by atoms with E-state index in [0.29, 0.717) is 13.0 Å². The van der Waals surface area contributed by atoms with Gasteiger partial charge in [0.1, 0.15) is 0 Å². The van der Waals surface area contributed by atoms with Gasteiger partial charge in [0.15, 0.2) is 0 Å². The molecule has 0 aliphatic heterocycles. The Hall–Kier alpha value is -1.44. The monoisotopic (exact) mass is 368 g/mol. The number of amides is 1. The van der Waals surface area contributed by atoms with Crippen molar-refractivity contribution in [2.75, 3.05) is 12.3 Å². The van der Waals surface area contributed by atoms with Gasteiger partial charge in [-0.25, -0.2) is 0 Å². The molecule has 1 aromatic rings. The lowest BCUT2D eigenvalue weighted by Gasteiger charge is -2.26. The van der Waals surface area contributed by atoms with Gasteiger partial charge in [-0.15, -0.1) is 0 Å². The fourth-order valence-corrected chi connectivity index (χ4v) is 3.70. The van der Waals surface area contributed by atoms with Gasteiger partial charge in [-0.1, -0.05) is 49.6 Å². The van der Waals surface area contributed by atoms with Crippen molar-refractivity contribution < 1.29 is 17.8 Å². The molecule has 1 fully saturated rings. The minimum Gasteiger partial charge on any atom is -0.352 e. The topological polar surface area (TPSA) is 95.5 Å². The van der Waals surface area contributed by atoms with Crippen LogP contribution in [0.15, 0.2) is 30.3 Å². The van der Waals surface area contributed by atoms with Gasteiger partial charge in [0.25, 0.3) is 10.1 Å². The van der Waals surface area contributed by atoms with E-state index in [1.807, 2.05) is 30.3 Å². The van der Waals surface area contributed by atoms with Crippen molar-refractivity contribution >= 4 is 16.0 Å². The van der Waals surface area contributed by atoms with Gasteiger partial charge in [0, 0.05) is 6.04 Å². The van der Waals surface area contributed by atoms with Gasteiger partial charge in [0.05, 0.1) is 11.8 Å². The lowest BCUT2D eigenvalue weighted by Crippen LogP contribution is -2.49. The van der Waals surface area contributed by atoms with Crippen LogP contribution in [0.25, 0.3) is 0 Å². The van der Waals surface area contributed by atoms with Gasteiger partial charge >= 0.3 is 0 Å². The Morgan fingerprint density at radius 2 is 1.84 bits per heavy atom. The largest absolute Gasteiger partial charge is 0.352 e. The molecule has 0 saturated heterocycles. The fraction of sp³-hybridized carbons (Fsp3) is 0.611. The molecule has 1 amide bonds. The number of rotatable bonds is 9. The second-order valence-electron chi connectivity index (χ2n) is 6.68. The van der Waals surface area contributed by atoms with Crippen LogP contribution in [0.5, 0.6) is 0 Å². The predicted octanol–water partition coefficient (Wildman–Crippen LogP) is 1.91. The van der Waals surface area contributed by atoms with Gasteiger partial charge < -0.3 is 10.6 Å². The minimum absolute atomic E-state index is 0.0393. The van der Waals surface area contributed by atoms with Crippen molar-refractivity contribution in [2.45, 2.75) is 57.0 Å². The molecule has 1 unspecified atom stereocenters. The lowest BCUT2D eigenvalue weighted by atomic mass is 9.95. The van der Waals surface area contributed by atoms with Crippen molar-refractivity contribution in [3.8, 4) is 0 Å². The van der Waals surface area contributed by atoms with Crippen molar-refractivity contribution in [1.82, 2.24) is 10.6 Å². The molecule has 6 nitrogen and oxygen atoms in total. The first-order valence-electron chi connectivity index (χ1n) is 8.97. The highest BCUT2D eigenvalue weighted by Gasteiger charge is 2.22. The lowest BCUT2D eigenvalue weighted by molar-refractivity contribution is -0.124. The van der Waals surface area contributed by atoms with Crippen LogP contribution in [0.4, 0.5) is 0 Å². The van der Waals surface area contributed by atoms with Crippen molar-refractivity contribution in [1.29, 1.82) is 0 Å². The molecule has 0 heterocycles. The number of carbonyl (C=O) groups is 1. The van der Waals surface area contributed by atoms with E-state index in [0.717, 1.165) is 31.2 Å². The van der Waals surface area contributed by atoms with Gasteiger partial charge in [-0.2, -0.15) is 8.42 Å². The van der Waals surface area contributed by atoms with Gasteiger partial charge in [-0.3, -0.25) is 9.35 Å². The molecule has 1 aliphatic carbocycles. The number of nitrogens with one attached hydrogen (secondary N) is 2. The van der Waals surface area contributed by atoms with E-state index in [1.54, 1.807) is 0 Å². The summed E-state index contributed by atoms with van der Waals surface area (Å²) >= 11 is 0. The maximum atomic E-state index is 12.7. The first kappa shape index (κ1) is 19.9. The van der Waals surface area contributed by atoms with Crippen LogP contribution in [0.1, 0.15) is 44.1 Å². The first-order valence-corrected chi connectivity index (χ1v) is 10.6.